The highest BCUT2D eigenvalue weighted by Crippen LogP contribution is 2.27. The predicted octanol–water partition coefficient (Wildman–Crippen LogP) is 3.12. The third kappa shape index (κ3) is 1.90. The third-order valence-corrected chi connectivity index (χ3v) is 3.74. The van der Waals surface area contributed by atoms with E-state index in [0.717, 1.165) is 35.5 Å². The molecule has 3 rings (SSSR count). The Morgan fingerprint density at radius 2 is 1.94 bits per heavy atom. The van der Waals surface area contributed by atoms with E-state index in [1.54, 1.807) is 0 Å². The summed E-state index contributed by atoms with van der Waals surface area (Å²) in [5.41, 5.74) is 9.02. The summed E-state index contributed by atoms with van der Waals surface area (Å²) in [6, 6.07) is 8.20. The molecular formula is C15H19N3. The molecule has 0 aliphatic carbocycles. The van der Waals surface area contributed by atoms with E-state index >= 15 is 0 Å². The number of para-hydroxylation sites is 1. The van der Waals surface area contributed by atoms with Crippen LogP contribution in [-0.4, -0.2) is 18.1 Å². The van der Waals surface area contributed by atoms with Crippen molar-refractivity contribution in [3.63, 3.8) is 0 Å². The Bertz CT molecular complexity index is 571. The van der Waals surface area contributed by atoms with Crippen LogP contribution in [0.2, 0.25) is 0 Å². The van der Waals surface area contributed by atoms with Crippen molar-refractivity contribution in [2.24, 2.45) is 0 Å². The molecule has 1 saturated heterocycles. The Balaban J connectivity index is 2.11. The molecule has 0 saturated carbocycles. The number of nitrogens with zero attached hydrogens (tertiary/aromatic N) is 2. The van der Waals surface area contributed by atoms with Gasteiger partial charge in [-0.3, -0.25) is 0 Å². The molecular weight excluding hydrogens is 222 g/mol. The van der Waals surface area contributed by atoms with E-state index in [-0.39, 0.29) is 0 Å². The van der Waals surface area contributed by atoms with Gasteiger partial charge in [-0.25, -0.2) is 4.98 Å². The first-order valence-electron chi connectivity index (χ1n) is 6.66. The molecule has 0 unspecified atom stereocenters. The number of nitrogens with two attached hydrogens (primary N) is 1. The van der Waals surface area contributed by atoms with Crippen LogP contribution in [0.1, 0.15) is 24.8 Å². The van der Waals surface area contributed by atoms with E-state index in [0.29, 0.717) is 0 Å². The van der Waals surface area contributed by atoms with Crippen LogP contribution in [0.4, 0.5) is 11.5 Å². The maximum absolute atomic E-state index is 6.04. The summed E-state index contributed by atoms with van der Waals surface area (Å²) >= 11 is 0. The minimum Gasteiger partial charge on any atom is -0.397 e. The lowest BCUT2D eigenvalue weighted by Gasteiger charge is -2.28. The molecule has 0 bridgehead atoms. The summed E-state index contributed by atoms with van der Waals surface area (Å²) in [5.74, 6) is 1.08. The summed E-state index contributed by atoms with van der Waals surface area (Å²) in [6.45, 7) is 4.37. The minimum atomic E-state index is 0.773. The second kappa shape index (κ2) is 4.48. The lowest BCUT2D eigenvalue weighted by molar-refractivity contribution is 0.574. The summed E-state index contributed by atoms with van der Waals surface area (Å²) < 4.78 is 0. The fraction of sp³-hybridized carbons (Fsp3) is 0.400. The van der Waals surface area contributed by atoms with Crippen molar-refractivity contribution in [1.82, 2.24) is 4.98 Å². The van der Waals surface area contributed by atoms with Crippen LogP contribution in [0.5, 0.6) is 0 Å². The number of fused-ring (bicyclic) bond motifs is 1. The van der Waals surface area contributed by atoms with E-state index in [2.05, 4.69) is 24.0 Å². The molecule has 1 aromatic carbocycles. The fourth-order valence-corrected chi connectivity index (χ4v) is 2.71. The molecule has 2 heterocycles. The first-order valence-corrected chi connectivity index (χ1v) is 6.66. The number of benzene rings is 1. The molecule has 1 aromatic heterocycles. The molecule has 0 spiro atoms. The molecule has 0 amide bonds. The molecule has 94 valence electrons. The first-order chi connectivity index (χ1) is 8.75. The predicted molar refractivity (Wildman–Crippen MR) is 77.0 cm³/mol. The smallest absolute Gasteiger partial charge is 0.129 e. The van der Waals surface area contributed by atoms with Gasteiger partial charge in [0, 0.05) is 18.5 Å². The zero-order valence-corrected chi connectivity index (χ0v) is 10.8. The van der Waals surface area contributed by atoms with Gasteiger partial charge in [-0.2, -0.15) is 0 Å². The van der Waals surface area contributed by atoms with Gasteiger partial charge in [0.25, 0.3) is 0 Å². The number of hydrogen-bond acceptors (Lipinski definition) is 3. The summed E-state index contributed by atoms with van der Waals surface area (Å²) in [6.07, 6.45) is 3.87. The topological polar surface area (TPSA) is 42.2 Å². The average Bonchev–Trinajstić information content (AvgIpc) is 2.41. The second-order valence-corrected chi connectivity index (χ2v) is 5.09. The Labute approximate surface area is 108 Å². The maximum atomic E-state index is 6.04. The van der Waals surface area contributed by atoms with E-state index < -0.39 is 0 Å². The molecule has 3 heteroatoms. The number of aryl methyl sites for hydroxylation is 1. The van der Waals surface area contributed by atoms with Crippen molar-refractivity contribution < 1.29 is 0 Å². The number of rotatable bonds is 1. The lowest BCUT2D eigenvalue weighted by Crippen LogP contribution is -2.30. The van der Waals surface area contributed by atoms with E-state index in [9.17, 15) is 0 Å². The van der Waals surface area contributed by atoms with Crippen LogP contribution >= 0.6 is 0 Å². The van der Waals surface area contributed by atoms with Crippen molar-refractivity contribution in [2.45, 2.75) is 26.2 Å². The molecule has 3 nitrogen and oxygen atoms in total. The zero-order chi connectivity index (χ0) is 12.5. The van der Waals surface area contributed by atoms with Gasteiger partial charge >= 0.3 is 0 Å². The van der Waals surface area contributed by atoms with Gasteiger partial charge in [0.15, 0.2) is 0 Å². The molecule has 0 atom stereocenters. The summed E-state index contributed by atoms with van der Waals surface area (Å²) in [7, 11) is 0. The van der Waals surface area contributed by atoms with Gasteiger partial charge in [0.05, 0.1) is 11.2 Å². The Kier molecular flexibility index (Phi) is 2.82. The number of piperidine rings is 1. The summed E-state index contributed by atoms with van der Waals surface area (Å²) in [5, 5.41) is 1.16. The monoisotopic (exact) mass is 241 g/mol. The fourth-order valence-electron chi connectivity index (χ4n) is 2.71. The molecule has 2 N–H and O–H groups in total. The molecule has 1 fully saturated rings. The number of anilines is 2. The second-order valence-electron chi connectivity index (χ2n) is 5.09. The zero-order valence-electron chi connectivity index (χ0n) is 10.8. The van der Waals surface area contributed by atoms with Crippen molar-refractivity contribution in [1.29, 1.82) is 0 Å². The number of hydrogen-bond donors (Lipinski definition) is 1. The largest absolute Gasteiger partial charge is 0.397 e. The van der Waals surface area contributed by atoms with E-state index in [1.807, 2.05) is 12.1 Å². The van der Waals surface area contributed by atoms with Crippen molar-refractivity contribution in [2.75, 3.05) is 23.7 Å². The van der Waals surface area contributed by atoms with Gasteiger partial charge in [-0.05, 0) is 43.9 Å². The molecule has 18 heavy (non-hydrogen) atoms. The van der Waals surface area contributed by atoms with Crippen LogP contribution in [0.15, 0.2) is 24.3 Å². The van der Waals surface area contributed by atoms with Crippen LogP contribution < -0.4 is 10.6 Å². The Morgan fingerprint density at radius 1 is 1.17 bits per heavy atom. The quantitative estimate of drug-likeness (QED) is 0.780. The Morgan fingerprint density at radius 3 is 2.72 bits per heavy atom. The van der Waals surface area contributed by atoms with Crippen molar-refractivity contribution >= 4 is 22.4 Å². The van der Waals surface area contributed by atoms with Crippen LogP contribution in [0.25, 0.3) is 10.9 Å². The first kappa shape index (κ1) is 11.3. The SMILES string of the molecule is Cc1cc(N2CCCCC2)nc2c(N)cccc12. The number of aromatic nitrogens is 1. The van der Waals surface area contributed by atoms with E-state index in [4.69, 9.17) is 10.7 Å². The number of pyridine rings is 1. The van der Waals surface area contributed by atoms with Crippen molar-refractivity contribution in [3.8, 4) is 0 Å². The van der Waals surface area contributed by atoms with Gasteiger partial charge in [0.1, 0.15) is 5.82 Å². The van der Waals surface area contributed by atoms with Gasteiger partial charge in [-0.1, -0.05) is 12.1 Å². The maximum Gasteiger partial charge on any atom is 0.129 e. The third-order valence-electron chi connectivity index (χ3n) is 3.74. The molecule has 1 aliphatic rings. The van der Waals surface area contributed by atoms with Crippen LogP contribution in [0, 0.1) is 6.92 Å². The van der Waals surface area contributed by atoms with Gasteiger partial charge < -0.3 is 10.6 Å². The van der Waals surface area contributed by atoms with Crippen molar-refractivity contribution in [3.05, 3.63) is 29.8 Å². The minimum absolute atomic E-state index is 0.773. The normalized spacial score (nSPS) is 16.2. The Hall–Kier alpha value is -1.77. The highest BCUT2D eigenvalue weighted by molar-refractivity contribution is 5.92. The average molecular weight is 241 g/mol. The van der Waals surface area contributed by atoms with Gasteiger partial charge in [-0.15, -0.1) is 0 Å². The van der Waals surface area contributed by atoms with Crippen LogP contribution in [0.3, 0.4) is 0 Å². The molecule has 1 aliphatic heterocycles. The molecule has 2 aromatic rings. The summed E-state index contributed by atoms with van der Waals surface area (Å²) in [4.78, 5) is 7.14. The van der Waals surface area contributed by atoms with Gasteiger partial charge in [0.2, 0.25) is 0 Å². The highest BCUT2D eigenvalue weighted by atomic mass is 15.2. The number of nitrogen functional groups attached to an aromatic ring is 1. The van der Waals surface area contributed by atoms with Crippen LogP contribution in [-0.2, 0) is 0 Å². The standard InChI is InChI=1S/C15H19N3/c1-11-10-14(18-8-3-2-4-9-18)17-15-12(11)6-5-7-13(15)16/h5-7,10H,2-4,8-9,16H2,1H3. The lowest BCUT2D eigenvalue weighted by atomic mass is 10.1. The molecule has 0 radical (unpaired) electrons. The highest BCUT2D eigenvalue weighted by Gasteiger charge is 2.14. The van der Waals surface area contributed by atoms with E-state index in [1.165, 1.54) is 24.8 Å².